The maximum absolute atomic E-state index is 12.1. The van der Waals surface area contributed by atoms with Gasteiger partial charge in [-0.15, -0.1) is 0 Å². The quantitative estimate of drug-likeness (QED) is 0.813. The van der Waals surface area contributed by atoms with E-state index in [1.54, 1.807) is 29.2 Å². The number of hydrogen-bond acceptors (Lipinski definition) is 3. The van der Waals surface area contributed by atoms with Gasteiger partial charge in [0.2, 0.25) is 11.8 Å². The highest BCUT2D eigenvalue weighted by atomic mass is 16.2. The first-order valence-corrected chi connectivity index (χ1v) is 6.08. The van der Waals surface area contributed by atoms with Gasteiger partial charge < -0.3 is 16.0 Å². The Kier molecular flexibility index (Phi) is 3.62. The fourth-order valence-electron chi connectivity index (χ4n) is 2.18. The molecule has 0 radical (unpaired) electrons. The molecule has 18 heavy (non-hydrogen) atoms. The number of likely N-dealkylation sites (N-methyl/N-ethyl adjacent to an activating group) is 1. The van der Waals surface area contributed by atoms with Crippen molar-refractivity contribution < 1.29 is 9.59 Å². The van der Waals surface area contributed by atoms with Crippen molar-refractivity contribution in [2.75, 3.05) is 18.0 Å². The second kappa shape index (κ2) is 5.18. The molecule has 1 aromatic rings. The molecule has 1 aliphatic rings. The number of carbonyl (C=O) groups excluding carboxylic acids is 2. The molecule has 1 unspecified atom stereocenters. The summed E-state index contributed by atoms with van der Waals surface area (Å²) in [5, 5.41) is 3.16. The molecule has 0 bridgehead atoms. The average molecular weight is 247 g/mol. The molecule has 0 aliphatic carbocycles. The van der Waals surface area contributed by atoms with Crippen LogP contribution in [0, 0.1) is 0 Å². The van der Waals surface area contributed by atoms with Crippen molar-refractivity contribution in [3.63, 3.8) is 0 Å². The highest BCUT2D eigenvalue weighted by molar-refractivity contribution is 6.00. The summed E-state index contributed by atoms with van der Waals surface area (Å²) >= 11 is 0. The number of primary amides is 1. The van der Waals surface area contributed by atoms with Gasteiger partial charge in [-0.3, -0.25) is 9.59 Å². The van der Waals surface area contributed by atoms with Crippen molar-refractivity contribution in [3.05, 3.63) is 29.8 Å². The number of rotatable bonds is 4. The third-order valence-corrected chi connectivity index (χ3v) is 3.12. The highest BCUT2D eigenvalue weighted by Crippen LogP contribution is 2.21. The monoisotopic (exact) mass is 247 g/mol. The number of carbonyl (C=O) groups is 2. The van der Waals surface area contributed by atoms with Gasteiger partial charge in [0.05, 0.1) is 6.04 Å². The minimum atomic E-state index is -0.458. The molecule has 1 atom stereocenters. The van der Waals surface area contributed by atoms with E-state index in [2.05, 4.69) is 5.32 Å². The minimum Gasteiger partial charge on any atom is -0.366 e. The molecule has 0 spiro atoms. The maximum atomic E-state index is 12.1. The molecule has 96 valence electrons. The van der Waals surface area contributed by atoms with Gasteiger partial charge in [0.25, 0.3) is 0 Å². The maximum Gasteiger partial charge on any atom is 0.248 e. The van der Waals surface area contributed by atoms with Crippen molar-refractivity contribution >= 4 is 17.5 Å². The summed E-state index contributed by atoms with van der Waals surface area (Å²) < 4.78 is 0. The number of benzene rings is 1. The Hall–Kier alpha value is -1.88. The SMILES string of the molecule is CCNC1CCN(c2ccc(C(N)=O)cc2)C1=O. The Bertz CT molecular complexity index is 456. The van der Waals surface area contributed by atoms with Crippen LogP contribution in [0.15, 0.2) is 24.3 Å². The van der Waals surface area contributed by atoms with E-state index in [0.717, 1.165) is 18.7 Å². The van der Waals surface area contributed by atoms with Crippen LogP contribution in [0.1, 0.15) is 23.7 Å². The Morgan fingerprint density at radius 2 is 2.11 bits per heavy atom. The van der Waals surface area contributed by atoms with Crippen LogP contribution in [-0.2, 0) is 4.79 Å². The zero-order valence-corrected chi connectivity index (χ0v) is 10.3. The highest BCUT2D eigenvalue weighted by Gasteiger charge is 2.31. The van der Waals surface area contributed by atoms with Gasteiger partial charge in [-0.1, -0.05) is 6.92 Å². The van der Waals surface area contributed by atoms with Gasteiger partial charge in [0.1, 0.15) is 0 Å². The summed E-state index contributed by atoms with van der Waals surface area (Å²) in [6, 6.07) is 6.71. The number of nitrogens with one attached hydrogen (secondary N) is 1. The van der Waals surface area contributed by atoms with Crippen LogP contribution in [0.4, 0.5) is 5.69 Å². The third-order valence-electron chi connectivity index (χ3n) is 3.12. The average Bonchev–Trinajstić information content (AvgIpc) is 2.72. The summed E-state index contributed by atoms with van der Waals surface area (Å²) in [5.41, 5.74) is 6.44. The molecule has 1 aliphatic heterocycles. The van der Waals surface area contributed by atoms with Gasteiger partial charge in [-0.2, -0.15) is 0 Å². The Morgan fingerprint density at radius 1 is 1.44 bits per heavy atom. The first-order valence-electron chi connectivity index (χ1n) is 6.08. The molecule has 5 heteroatoms. The first-order chi connectivity index (χ1) is 8.63. The van der Waals surface area contributed by atoms with Crippen LogP contribution in [0.25, 0.3) is 0 Å². The second-order valence-electron chi connectivity index (χ2n) is 4.30. The predicted molar refractivity (Wildman–Crippen MR) is 69.4 cm³/mol. The molecular formula is C13H17N3O2. The van der Waals surface area contributed by atoms with Crippen LogP contribution < -0.4 is 16.0 Å². The van der Waals surface area contributed by atoms with Crippen molar-refractivity contribution in [1.29, 1.82) is 0 Å². The van der Waals surface area contributed by atoms with Crippen molar-refractivity contribution in [3.8, 4) is 0 Å². The molecule has 1 saturated heterocycles. The van der Waals surface area contributed by atoms with E-state index in [1.807, 2.05) is 6.92 Å². The number of hydrogen-bond donors (Lipinski definition) is 2. The Labute approximate surface area is 106 Å². The molecule has 1 heterocycles. The summed E-state index contributed by atoms with van der Waals surface area (Å²) in [6.07, 6.45) is 0.810. The van der Waals surface area contributed by atoms with E-state index in [9.17, 15) is 9.59 Å². The van der Waals surface area contributed by atoms with E-state index in [1.165, 1.54) is 0 Å². The normalized spacial score (nSPS) is 19.3. The lowest BCUT2D eigenvalue weighted by atomic mass is 10.2. The molecule has 2 amide bonds. The number of nitrogens with two attached hydrogens (primary N) is 1. The van der Waals surface area contributed by atoms with E-state index in [4.69, 9.17) is 5.73 Å². The van der Waals surface area contributed by atoms with Gasteiger partial charge >= 0.3 is 0 Å². The van der Waals surface area contributed by atoms with E-state index >= 15 is 0 Å². The summed E-state index contributed by atoms with van der Waals surface area (Å²) in [5.74, 6) is -0.372. The largest absolute Gasteiger partial charge is 0.366 e. The van der Waals surface area contributed by atoms with Crippen LogP contribution in [0.5, 0.6) is 0 Å². The number of nitrogens with zero attached hydrogens (tertiary/aromatic N) is 1. The lowest BCUT2D eigenvalue weighted by Crippen LogP contribution is -2.38. The molecule has 3 N–H and O–H groups in total. The zero-order chi connectivity index (χ0) is 13.1. The first kappa shape index (κ1) is 12.6. The molecule has 1 fully saturated rings. The van der Waals surface area contributed by atoms with Gasteiger partial charge in [-0.25, -0.2) is 0 Å². The Morgan fingerprint density at radius 3 is 2.67 bits per heavy atom. The van der Waals surface area contributed by atoms with Crippen molar-refractivity contribution in [1.82, 2.24) is 5.32 Å². The third kappa shape index (κ3) is 2.36. The van der Waals surface area contributed by atoms with Crippen LogP contribution in [0.3, 0.4) is 0 Å². The molecular weight excluding hydrogens is 230 g/mol. The zero-order valence-electron chi connectivity index (χ0n) is 10.3. The lowest BCUT2D eigenvalue weighted by Gasteiger charge is -2.17. The lowest BCUT2D eigenvalue weighted by molar-refractivity contribution is -0.118. The standard InChI is InChI=1S/C13H17N3O2/c1-2-15-11-7-8-16(13(11)18)10-5-3-9(4-6-10)12(14)17/h3-6,11,15H,2,7-8H2,1H3,(H2,14,17). The topological polar surface area (TPSA) is 75.4 Å². The van der Waals surface area contributed by atoms with E-state index in [-0.39, 0.29) is 11.9 Å². The Balaban J connectivity index is 2.13. The summed E-state index contributed by atoms with van der Waals surface area (Å²) in [6.45, 7) is 3.47. The minimum absolute atomic E-state index is 0.0867. The van der Waals surface area contributed by atoms with Crippen LogP contribution in [0.2, 0.25) is 0 Å². The van der Waals surface area contributed by atoms with Crippen LogP contribution >= 0.6 is 0 Å². The van der Waals surface area contributed by atoms with Gasteiger partial charge in [-0.05, 0) is 37.2 Å². The fourth-order valence-corrected chi connectivity index (χ4v) is 2.18. The summed E-state index contributed by atoms with van der Waals surface area (Å²) in [4.78, 5) is 24.8. The van der Waals surface area contributed by atoms with Gasteiger partial charge in [0, 0.05) is 17.8 Å². The fraction of sp³-hybridized carbons (Fsp3) is 0.385. The number of amides is 2. The molecule has 0 saturated carbocycles. The predicted octanol–water partition coefficient (Wildman–Crippen LogP) is 0.500. The van der Waals surface area contributed by atoms with Crippen molar-refractivity contribution in [2.24, 2.45) is 5.73 Å². The van der Waals surface area contributed by atoms with Crippen LogP contribution in [-0.4, -0.2) is 30.9 Å². The van der Waals surface area contributed by atoms with Gasteiger partial charge in [0.15, 0.2) is 0 Å². The number of anilines is 1. The summed E-state index contributed by atoms with van der Waals surface area (Å²) in [7, 11) is 0. The molecule has 5 nitrogen and oxygen atoms in total. The molecule has 0 aromatic heterocycles. The second-order valence-corrected chi connectivity index (χ2v) is 4.30. The van der Waals surface area contributed by atoms with Crippen molar-refractivity contribution in [2.45, 2.75) is 19.4 Å². The van der Waals surface area contributed by atoms with E-state index < -0.39 is 5.91 Å². The molecule has 1 aromatic carbocycles. The molecule has 2 rings (SSSR count). The smallest absolute Gasteiger partial charge is 0.248 e. The van der Waals surface area contributed by atoms with E-state index in [0.29, 0.717) is 12.1 Å².